The van der Waals surface area contributed by atoms with Crippen LogP contribution in [0.25, 0.3) is 0 Å². The van der Waals surface area contributed by atoms with Crippen molar-refractivity contribution in [1.82, 2.24) is 4.90 Å². The Bertz CT molecular complexity index is 820. The second-order valence-electron chi connectivity index (χ2n) is 7.45. The van der Waals surface area contributed by atoms with Gasteiger partial charge in [0.15, 0.2) is 5.78 Å². The van der Waals surface area contributed by atoms with Crippen molar-refractivity contribution in [2.24, 2.45) is 11.8 Å². The summed E-state index contributed by atoms with van der Waals surface area (Å²) < 4.78 is 5.85. The number of hydrogen-bond donors (Lipinski definition) is 1. The maximum Gasteiger partial charge on any atom is 0.232 e. The van der Waals surface area contributed by atoms with Gasteiger partial charge in [0.1, 0.15) is 11.5 Å². The lowest BCUT2D eigenvalue weighted by atomic mass is 9.89. The number of hydrogen-bond acceptors (Lipinski definition) is 4. The summed E-state index contributed by atoms with van der Waals surface area (Å²) in [7, 11) is 0. The maximum absolute atomic E-state index is 12.9. The molecule has 3 rings (SSSR count). The first-order valence-electron chi connectivity index (χ1n) is 9.75. The highest BCUT2D eigenvalue weighted by Crippen LogP contribution is 2.28. The third-order valence-electron chi connectivity index (χ3n) is 5.42. The highest BCUT2D eigenvalue weighted by Gasteiger charge is 2.33. The molecule has 0 radical (unpaired) electrons. The molecule has 0 spiro atoms. The number of carbonyl (C=O) groups is 2. The molecule has 1 N–H and O–H groups in total. The Hall–Kier alpha value is -2.66. The average molecular weight is 381 g/mol. The fourth-order valence-corrected chi connectivity index (χ4v) is 3.59. The number of aliphatic hydroxyl groups is 1. The zero-order valence-corrected chi connectivity index (χ0v) is 16.4. The summed E-state index contributed by atoms with van der Waals surface area (Å²) in [6, 6.07) is 16.9. The SMILES string of the molecule is CC(C(=O)C(C)c1cccc(Oc2ccccc2)c1)C(=O)N1CC[C@H](CO)C1. The average Bonchev–Trinajstić information content (AvgIpc) is 3.22. The van der Waals surface area contributed by atoms with Crippen molar-refractivity contribution in [3.05, 3.63) is 60.2 Å². The first-order valence-corrected chi connectivity index (χ1v) is 9.75. The van der Waals surface area contributed by atoms with Crippen LogP contribution in [-0.4, -0.2) is 41.4 Å². The maximum atomic E-state index is 12.9. The molecule has 5 nitrogen and oxygen atoms in total. The molecule has 2 unspecified atom stereocenters. The third kappa shape index (κ3) is 4.60. The van der Waals surface area contributed by atoms with Crippen LogP contribution in [0.15, 0.2) is 54.6 Å². The van der Waals surface area contributed by atoms with Crippen LogP contribution in [-0.2, 0) is 9.59 Å². The number of ketones is 1. The fourth-order valence-electron chi connectivity index (χ4n) is 3.59. The number of nitrogens with zero attached hydrogens (tertiary/aromatic N) is 1. The van der Waals surface area contributed by atoms with Crippen LogP contribution in [0.1, 0.15) is 31.7 Å². The Morgan fingerprint density at radius 2 is 1.82 bits per heavy atom. The number of likely N-dealkylation sites (tertiary alicyclic amines) is 1. The van der Waals surface area contributed by atoms with Gasteiger partial charge in [-0.25, -0.2) is 0 Å². The molecule has 2 aromatic rings. The number of aliphatic hydroxyl groups excluding tert-OH is 1. The van der Waals surface area contributed by atoms with Gasteiger partial charge in [-0.05, 0) is 43.2 Å². The van der Waals surface area contributed by atoms with E-state index in [9.17, 15) is 14.7 Å². The summed E-state index contributed by atoms with van der Waals surface area (Å²) in [6.07, 6.45) is 0.789. The minimum absolute atomic E-state index is 0.0801. The van der Waals surface area contributed by atoms with Gasteiger partial charge in [-0.3, -0.25) is 9.59 Å². The van der Waals surface area contributed by atoms with Gasteiger partial charge in [-0.15, -0.1) is 0 Å². The third-order valence-corrected chi connectivity index (χ3v) is 5.42. The van der Waals surface area contributed by atoms with Crippen molar-refractivity contribution < 1.29 is 19.4 Å². The Kier molecular flexibility index (Phi) is 6.47. The summed E-state index contributed by atoms with van der Waals surface area (Å²) in [5.74, 6) is 0.150. The Morgan fingerprint density at radius 3 is 2.50 bits per heavy atom. The van der Waals surface area contributed by atoms with Crippen molar-refractivity contribution in [3.63, 3.8) is 0 Å². The molecule has 1 aliphatic rings. The van der Waals surface area contributed by atoms with Crippen LogP contribution in [0.2, 0.25) is 0 Å². The van der Waals surface area contributed by atoms with Gasteiger partial charge in [0.05, 0.1) is 5.92 Å². The monoisotopic (exact) mass is 381 g/mol. The summed E-state index contributed by atoms with van der Waals surface area (Å²) in [5.41, 5.74) is 0.827. The molecule has 3 atom stereocenters. The zero-order chi connectivity index (χ0) is 20.1. The second kappa shape index (κ2) is 9.02. The van der Waals surface area contributed by atoms with E-state index in [1.54, 1.807) is 11.8 Å². The lowest BCUT2D eigenvalue weighted by Crippen LogP contribution is -2.38. The van der Waals surface area contributed by atoms with Crippen molar-refractivity contribution >= 4 is 11.7 Å². The lowest BCUT2D eigenvalue weighted by Gasteiger charge is -2.22. The summed E-state index contributed by atoms with van der Waals surface area (Å²) in [5, 5.41) is 9.27. The largest absolute Gasteiger partial charge is 0.457 e. The van der Waals surface area contributed by atoms with Gasteiger partial charge in [0, 0.05) is 31.5 Å². The number of ether oxygens (including phenoxy) is 1. The van der Waals surface area contributed by atoms with E-state index in [4.69, 9.17) is 4.74 Å². The second-order valence-corrected chi connectivity index (χ2v) is 7.45. The predicted molar refractivity (Wildman–Crippen MR) is 107 cm³/mol. The van der Waals surface area contributed by atoms with Crippen molar-refractivity contribution in [3.8, 4) is 11.5 Å². The predicted octanol–water partition coefficient (Wildman–Crippen LogP) is 3.63. The van der Waals surface area contributed by atoms with E-state index >= 15 is 0 Å². The number of carbonyl (C=O) groups excluding carboxylic acids is 2. The van der Waals surface area contributed by atoms with E-state index in [0.29, 0.717) is 18.8 Å². The molecule has 0 aliphatic carbocycles. The summed E-state index contributed by atoms with van der Waals surface area (Å²) >= 11 is 0. The Balaban J connectivity index is 1.67. The highest BCUT2D eigenvalue weighted by molar-refractivity contribution is 6.03. The number of benzene rings is 2. The van der Waals surface area contributed by atoms with Crippen LogP contribution < -0.4 is 4.74 Å². The Morgan fingerprint density at radius 1 is 1.11 bits per heavy atom. The minimum atomic E-state index is -0.703. The molecule has 1 heterocycles. The summed E-state index contributed by atoms with van der Waals surface area (Å²) in [4.78, 5) is 27.3. The molecule has 2 aromatic carbocycles. The van der Waals surface area contributed by atoms with Gasteiger partial charge in [-0.1, -0.05) is 37.3 Å². The lowest BCUT2D eigenvalue weighted by molar-refractivity contribution is -0.140. The van der Waals surface area contributed by atoms with Gasteiger partial charge < -0.3 is 14.7 Å². The van der Waals surface area contributed by atoms with E-state index < -0.39 is 11.8 Å². The van der Waals surface area contributed by atoms with E-state index in [2.05, 4.69) is 0 Å². The quantitative estimate of drug-likeness (QED) is 0.744. The fraction of sp³-hybridized carbons (Fsp3) is 0.391. The summed E-state index contributed by atoms with van der Waals surface area (Å²) in [6.45, 7) is 4.72. The molecule has 1 aliphatic heterocycles. The first-order chi connectivity index (χ1) is 13.5. The van der Waals surface area contributed by atoms with E-state index in [1.807, 2.05) is 61.5 Å². The molecule has 0 bridgehead atoms. The number of amides is 1. The highest BCUT2D eigenvalue weighted by atomic mass is 16.5. The molecular weight excluding hydrogens is 354 g/mol. The van der Waals surface area contributed by atoms with Crippen LogP contribution >= 0.6 is 0 Å². The zero-order valence-electron chi connectivity index (χ0n) is 16.4. The van der Waals surface area contributed by atoms with Crippen LogP contribution in [0.4, 0.5) is 0 Å². The van der Waals surface area contributed by atoms with E-state index in [0.717, 1.165) is 17.7 Å². The van der Waals surface area contributed by atoms with Crippen molar-refractivity contribution in [2.45, 2.75) is 26.2 Å². The van der Waals surface area contributed by atoms with Gasteiger partial charge in [0.2, 0.25) is 5.91 Å². The van der Waals surface area contributed by atoms with E-state index in [-0.39, 0.29) is 24.2 Å². The van der Waals surface area contributed by atoms with Gasteiger partial charge in [-0.2, -0.15) is 0 Å². The van der Waals surface area contributed by atoms with Crippen molar-refractivity contribution in [2.75, 3.05) is 19.7 Å². The number of para-hydroxylation sites is 1. The molecule has 148 valence electrons. The topological polar surface area (TPSA) is 66.8 Å². The smallest absolute Gasteiger partial charge is 0.232 e. The molecule has 0 saturated carbocycles. The normalized spacial score (nSPS) is 18.5. The molecule has 1 amide bonds. The van der Waals surface area contributed by atoms with Gasteiger partial charge in [0.25, 0.3) is 0 Å². The number of Topliss-reactive ketones (excluding diaryl/α,β-unsaturated/α-hetero) is 1. The molecule has 5 heteroatoms. The minimum Gasteiger partial charge on any atom is -0.457 e. The molecule has 1 fully saturated rings. The number of rotatable bonds is 7. The Labute approximate surface area is 165 Å². The first kappa shape index (κ1) is 20.1. The standard InChI is InChI=1S/C23H27NO4/c1-16(22(26)17(2)23(27)24-12-11-18(14-24)15-25)19-7-6-10-21(13-19)28-20-8-4-3-5-9-20/h3-10,13,16-18,25H,11-12,14-15H2,1-2H3/t16?,17?,18-/m0/s1. The van der Waals surface area contributed by atoms with E-state index in [1.165, 1.54) is 0 Å². The van der Waals surface area contributed by atoms with Crippen molar-refractivity contribution in [1.29, 1.82) is 0 Å². The molecule has 28 heavy (non-hydrogen) atoms. The van der Waals surface area contributed by atoms with Crippen LogP contribution in [0.3, 0.4) is 0 Å². The van der Waals surface area contributed by atoms with Crippen LogP contribution in [0, 0.1) is 11.8 Å². The van der Waals surface area contributed by atoms with Gasteiger partial charge >= 0.3 is 0 Å². The van der Waals surface area contributed by atoms with Crippen LogP contribution in [0.5, 0.6) is 11.5 Å². The molecule has 0 aromatic heterocycles. The molecular formula is C23H27NO4. The molecule has 1 saturated heterocycles.